The van der Waals surface area contributed by atoms with Crippen molar-refractivity contribution < 1.29 is 13.9 Å². The number of hydrogen-bond donors (Lipinski definition) is 3. The maximum Gasteiger partial charge on any atom is 0.138 e. The molecule has 1 aromatic rings. The number of carbonyl (C=O) groups is 1. The molecule has 0 amide bonds. The molecule has 0 aliphatic rings. The summed E-state index contributed by atoms with van der Waals surface area (Å²) in [6, 6.07) is 6.34. The molecule has 0 heterocycles. The molecular weight excluding hydrogens is 238 g/mol. The Labute approximate surface area is 104 Å². The zero-order valence-corrected chi connectivity index (χ0v) is 11.1. The molecule has 4 nitrogen and oxygen atoms in total. The lowest BCUT2D eigenvalue weighted by Crippen LogP contribution is -2.37. The molecule has 1 unspecified atom stereocenters. The predicted octanol–water partition coefficient (Wildman–Crippen LogP) is 2.83. The van der Waals surface area contributed by atoms with Crippen molar-refractivity contribution in [3.8, 4) is 0 Å². The fourth-order valence-corrected chi connectivity index (χ4v) is 2.67. The second-order valence-electron chi connectivity index (χ2n) is 4.39. The van der Waals surface area contributed by atoms with Crippen LogP contribution in [0.4, 0.5) is 0 Å². The molecular formula is C12H19NO3S. The molecule has 0 aliphatic carbocycles. The first-order valence-electron chi connectivity index (χ1n) is 5.44. The molecule has 1 aromatic carbocycles. The summed E-state index contributed by atoms with van der Waals surface area (Å²) in [5.74, 6) is 0.00382. The first-order valence-corrected chi connectivity index (χ1v) is 6.99. The van der Waals surface area contributed by atoms with E-state index in [1.54, 1.807) is 24.3 Å². The van der Waals surface area contributed by atoms with Gasteiger partial charge in [0.15, 0.2) is 0 Å². The molecule has 1 atom stereocenters. The van der Waals surface area contributed by atoms with Crippen LogP contribution in [0.3, 0.4) is 0 Å². The molecule has 0 radical (unpaired) electrons. The van der Waals surface area contributed by atoms with Gasteiger partial charge in [-0.3, -0.25) is 9.11 Å². The van der Waals surface area contributed by atoms with Gasteiger partial charge in [-0.1, -0.05) is 31.5 Å². The average molecular weight is 257 g/mol. The Hall–Kier alpha value is -0.880. The second kappa shape index (κ2) is 5.64. The van der Waals surface area contributed by atoms with Crippen LogP contribution in [0.25, 0.3) is 0 Å². The lowest BCUT2D eigenvalue weighted by molar-refractivity contribution is -0.110. The molecule has 5 heteroatoms. The maximum atomic E-state index is 10.8. The molecule has 17 heavy (non-hydrogen) atoms. The summed E-state index contributed by atoms with van der Waals surface area (Å²) >= 11 is 0. The van der Waals surface area contributed by atoms with E-state index >= 15 is 0 Å². The van der Waals surface area contributed by atoms with Gasteiger partial charge in [0.05, 0.1) is 10.9 Å². The second-order valence-corrected chi connectivity index (χ2v) is 6.19. The third kappa shape index (κ3) is 3.81. The first-order chi connectivity index (χ1) is 7.86. The van der Waals surface area contributed by atoms with Crippen LogP contribution >= 0.6 is 10.8 Å². The average Bonchev–Trinajstić information content (AvgIpc) is 2.26. The van der Waals surface area contributed by atoms with E-state index in [9.17, 15) is 13.9 Å². The third-order valence-corrected chi connectivity index (χ3v) is 4.05. The normalized spacial score (nSPS) is 14.7. The molecule has 0 fully saturated rings. The van der Waals surface area contributed by atoms with Crippen molar-refractivity contribution in [2.45, 2.75) is 31.7 Å². The number of aldehydes is 1. The number of carbonyl (C=O) groups excluding carboxylic acids is 1. The van der Waals surface area contributed by atoms with E-state index in [-0.39, 0.29) is 5.92 Å². The van der Waals surface area contributed by atoms with Crippen LogP contribution in [-0.4, -0.2) is 21.4 Å². The van der Waals surface area contributed by atoms with Crippen LogP contribution in [0.1, 0.15) is 19.4 Å². The lowest BCUT2D eigenvalue weighted by atomic mass is 10.1. The lowest BCUT2D eigenvalue weighted by Gasteiger charge is -2.36. The molecule has 1 rings (SSSR count). The highest BCUT2D eigenvalue weighted by Gasteiger charge is 2.22. The van der Waals surface area contributed by atoms with E-state index in [2.05, 4.69) is 4.72 Å². The Morgan fingerprint density at radius 1 is 1.24 bits per heavy atom. The molecule has 0 saturated carbocycles. The molecule has 0 spiro atoms. The van der Waals surface area contributed by atoms with Crippen LogP contribution < -0.4 is 4.72 Å². The summed E-state index contributed by atoms with van der Waals surface area (Å²) in [7, 11) is -3.11. The minimum absolute atomic E-state index is 0.00382. The first kappa shape index (κ1) is 14.2. The van der Waals surface area contributed by atoms with Crippen molar-refractivity contribution in [2.24, 2.45) is 5.92 Å². The number of nitrogens with one attached hydrogen (secondary N) is 1. The fraction of sp³-hybridized carbons (Fsp3) is 0.417. The zero-order chi connectivity index (χ0) is 13.1. The smallest absolute Gasteiger partial charge is 0.138 e. The van der Waals surface area contributed by atoms with E-state index < -0.39 is 16.8 Å². The van der Waals surface area contributed by atoms with E-state index in [4.69, 9.17) is 0 Å². The summed E-state index contributed by atoms with van der Waals surface area (Å²) < 4.78 is 22.6. The van der Waals surface area contributed by atoms with Crippen LogP contribution in [0, 0.1) is 12.8 Å². The largest absolute Gasteiger partial charge is 0.302 e. The predicted molar refractivity (Wildman–Crippen MR) is 70.1 cm³/mol. The van der Waals surface area contributed by atoms with Gasteiger partial charge in [0.2, 0.25) is 0 Å². The van der Waals surface area contributed by atoms with Gasteiger partial charge in [0.1, 0.15) is 6.29 Å². The Morgan fingerprint density at radius 3 is 2.18 bits per heavy atom. The third-order valence-electron chi connectivity index (χ3n) is 2.51. The van der Waals surface area contributed by atoms with Crippen LogP contribution in [0.15, 0.2) is 29.2 Å². The number of benzene rings is 1. The standard InChI is InChI=1S/C12H19NO3S/c1-9(2)12(8-14)13-17(15,16)11-6-4-10(3)5-7-11/h4-9,12-13,15-16H,1-3H3. The van der Waals surface area contributed by atoms with Gasteiger partial charge in [-0.25, -0.2) is 4.72 Å². The van der Waals surface area contributed by atoms with Crippen molar-refractivity contribution >= 4 is 17.1 Å². The number of hydrogen-bond acceptors (Lipinski definition) is 4. The molecule has 0 saturated heterocycles. The van der Waals surface area contributed by atoms with Crippen molar-refractivity contribution in [3.05, 3.63) is 29.8 Å². The quantitative estimate of drug-likeness (QED) is 0.709. The highest BCUT2D eigenvalue weighted by Crippen LogP contribution is 2.44. The molecule has 96 valence electrons. The van der Waals surface area contributed by atoms with Crippen molar-refractivity contribution in [2.75, 3.05) is 0 Å². The molecule has 0 aliphatic heterocycles. The summed E-state index contributed by atoms with van der Waals surface area (Å²) in [6.45, 7) is 5.61. The molecule has 0 aromatic heterocycles. The van der Waals surface area contributed by atoms with Crippen molar-refractivity contribution in [1.29, 1.82) is 0 Å². The number of aryl methyl sites for hydroxylation is 1. The van der Waals surface area contributed by atoms with Gasteiger partial charge < -0.3 is 4.79 Å². The zero-order valence-electron chi connectivity index (χ0n) is 10.3. The van der Waals surface area contributed by atoms with Crippen LogP contribution in [0.5, 0.6) is 0 Å². The molecule has 0 bridgehead atoms. The van der Waals surface area contributed by atoms with Crippen molar-refractivity contribution in [1.82, 2.24) is 4.72 Å². The van der Waals surface area contributed by atoms with Gasteiger partial charge in [-0.05, 0) is 25.0 Å². The Kier molecular flexibility index (Phi) is 4.70. The van der Waals surface area contributed by atoms with E-state index in [0.717, 1.165) is 5.56 Å². The highest BCUT2D eigenvalue weighted by molar-refractivity contribution is 8.22. The Balaban J connectivity index is 2.87. The monoisotopic (exact) mass is 257 g/mol. The van der Waals surface area contributed by atoms with E-state index in [0.29, 0.717) is 11.2 Å². The van der Waals surface area contributed by atoms with Gasteiger partial charge >= 0.3 is 0 Å². The maximum absolute atomic E-state index is 10.8. The fourth-order valence-electron chi connectivity index (χ4n) is 1.31. The van der Waals surface area contributed by atoms with E-state index in [1.807, 2.05) is 20.8 Å². The Bertz CT molecular complexity index is 376. The van der Waals surface area contributed by atoms with Crippen LogP contribution in [0.2, 0.25) is 0 Å². The van der Waals surface area contributed by atoms with Crippen LogP contribution in [-0.2, 0) is 4.79 Å². The van der Waals surface area contributed by atoms with Crippen molar-refractivity contribution in [3.63, 3.8) is 0 Å². The topological polar surface area (TPSA) is 69.6 Å². The minimum Gasteiger partial charge on any atom is -0.302 e. The van der Waals surface area contributed by atoms with Gasteiger partial charge in [-0.2, -0.15) is 0 Å². The SMILES string of the molecule is Cc1ccc(S(O)(O)NC(C=O)C(C)C)cc1. The highest BCUT2D eigenvalue weighted by atomic mass is 32.3. The van der Waals surface area contributed by atoms with E-state index in [1.165, 1.54) is 0 Å². The summed E-state index contributed by atoms with van der Waals surface area (Å²) in [4.78, 5) is 11.2. The number of rotatable bonds is 5. The van der Waals surface area contributed by atoms with Gasteiger partial charge in [0, 0.05) is 0 Å². The molecule has 3 N–H and O–H groups in total. The summed E-state index contributed by atoms with van der Waals surface area (Å²) in [5.41, 5.74) is 1.04. The summed E-state index contributed by atoms with van der Waals surface area (Å²) in [6.07, 6.45) is 0.701. The van der Waals surface area contributed by atoms with Gasteiger partial charge in [0.25, 0.3) is 0 Å². The summed E-state index contributed by atoms with van der Waals surface area (Å²) in [5, 5.41) is 0. The Morgan fingerprint density at radius 2 is 1.76 bits per heavy atom. The minimum atomic E-state index is -3.11. The van der Waals surface area contributed by atoms with Gasteiger partial charge in [-0.15, -0.1) is 10.8 Å².